The fourth-order valence-electron chi connectivity index (χ4n) is 0.381. The Kier molecular flexibility index (Phi) is 3.49. The molecule has 0 saturated heterocycles. The van der Waals surface area contributed by atoms with Crippen molar-refractivity contribution in [3.05, 3.63) is 0 Å². The van der Waals surface area contributed by atoms with Gasteiger partial charge in [0.2, 0.25) is 5.91 Å². The van der Waals surface area contributed by atoms with Crippen molar-refractivity contribution in [1.29, 1.82) is 0 Å². The molecular weight excluding hydrogens is 116 g/mol. The van der Waals surface area contributed by atoms with Crippen LogP contribution in [0.15, 0.2) is 0 Å². The molecule has 0 aliphatic heterocycles. The first-order valence-electron chi connectivity index (χ1n) is 2.67. The molecule has 50 valence electrons. The molecule has 9 heavy (non-hydrogen) atoms. The van der Waals surface area contributed by atoms with Crippen LogP contribution in [0.3, 0.4) is 0 Å². The second-order valence-electron chi connectivity index (χ2n) is 1.75. The van der Waals surface area contributed by atoms with E-state index < -0.39 is 11.9 Å². The van der Waals surface area contributed by atoms with Gasteiger partial charge in [0.25, 0.3) is 0 Å². The third-order valence-corrected chi connectivity index (χ3v) is 0.965. The van der Waals surface area contributed by atoms with Crippen LogP contribution in [0.2, 0.25) is 0 Å². The van der Waals surface area contributed by atoms with Gasteiger partial charge in [-0.15, -0.1) is 12.3 Å². The zero-order valence-electron chi connectivity index (χ0n) is 5.13. The molecule has 0 bridgehead atoms. The maximum atomic E-state index is 10.2. The quantitative estimate of drug-likeness (QED) is 0.487. The van der Waals surface area contributed by atoms with Crippen molar-refractivity contribution in [2.75, 3.05) is 0 Å². The molecular formula is C6H10N2O. The van der Waals surface area contributed by atoms with Gasteiger partial charge in [0, 0.05) is 6.42 Å². The van der Waals surface area contributed by atoms with Gasteiger partial charge in [-0.25, -0.2) is 0 Å². The van der Waals surface area contributed by atoms with Crippen LogP contribution in [0.1, 0.15) is 12.8 Å². The largest absolute Gasteiger partial charge is 0.368 e. The monoisotopic (exact) mass is 126 g/mol. The summed E-state index contributed by atoms with van der Waals surface area (Å²) in [6.07, 6.45) is 5.90. The minimum atomic E-state index is -0.582. The van der Waals surface area contributed by atoms with Gasteiger partial charge in [-0.1, -0.05) is 0 Å². The Hall–Kier alpha value is -1.01. The average Bonchev–Trinajstić information content (AvgIpc) is 1.82. The molecule has 0 radical (unpaired) electrons. The molecule has 0 aromatic rings. The minimum Gasteiger partial charge on any atom is -0.368 e. The van der Waals surface area contributed by atoms with E-state index in [0.29, 0.717) is 12.8 Å². The summed E-state index contributed by atoms with van der Waals surface area (Å²) in [5.41, 5.74) is 10.1. The van der Waals surface area contributed by atoms with E-state index in [0.717, 1.165) is 0 Å². The van der Waals surface area contributed by atoms with Crippen molar-refractivity contribution >= 4 is 5.91 Å². The highest BCUT2D eigenvalue weighted by Crippen LogP contribution is 1.90. The first kappa shape index (κ1) is 7.99. The van der Waals surface area contributed by atoms with Gasteiger partial charge < -0.3 is 11.5 Å². The van der Waals surface area contributed by atoms with Gasteiger partial charge in [-0.3, -0.25) is 4.79 Å². The van der Waals surface area contributed by atoms with Crippen molar-refractivity contribution in [2.24, 2.45) is 11.5 Å². The molecule has 0 spiro atoms. The molecule has 0 aliphatic rings. The van der Waals surface area contributed by atoms with Crippen LogP contribution >= 0.6 is 0 Å². The van der Waals surface area contributed by atoms with E-state index >= 15 is 0 Å². The third kappa shape index (κ3) is 3.56. The molecule has 0 aromatic heterocycles. The lowest BCUT2D eigenvalue weighted by molar-refractivity contribution is -0.119. The summed E-state index contributed by atoms with van der Waals surface area (Å²) in [5, 5.41) is 0. The number of terminal acetylenes is 1. The molecule has 0 aromatic carbocycles. The fraction of sp³-hybridized carbons (Fsp3) is 0.500. The highest BCUT2D eigenvalue weighted by molar-refractivity contribution is 5.79. The topological polar surface area (TPSA) is 69.1 Å². The van der Waals surface area contributed by atoms with Gasteiger partial charge >= 0.3 is 0 Å². The van der Waals surface area contributed by atoms with E-state index in [1.54, 1.807) is 0 Å². The van der Waals surface area contributed by atoms with E-state index in [4.69, 9.17) is 17.9 Å². The lowest BCUT2D eigenvalue weighted by Gasteiger charge is -2.01. The molecule has 3 nitrogen and oxygen atoms in total. The smallest absolute Gasteiger partial charge is 0.234 e. The Morgan fingerprint density at radius 3 is 2.67 bits per heavy atom. The summed E-state index contributed by atoms with van der Waals surface area (Å²) in [6.45, 7) is 0. The number of carbonyl (C=O) groups is 1. The molecule has 0 unspecified atom stereocenters. The second kappa shape index (κ2) is 3.93. The SMILES string of the molecule is C#CCC[C@H](N)C(N)=O. The first-order valence-corrected chi connectivity index (χ1v) is 2.67. The van der Waals surface area contributed by atoms with E-state index in [-0.39, 0.29) is 0 Å². The fourth-order valence-corrected chi connectivity index (χ4v) is 0.381. The van der Waals surface area contributed by atoms with Crippen molar-refractivity contribution in [1.82, 2.24) is 0 Å². The van der Waals surface area contributed by atoms with E-state index in [9.17, 15) is 4.79 Å². The number of carbonyl (C=O) groups excluding carboxylic acids is 1. The van der Waals surface area contributed by atoms with Crippen molar-refractivity contribution in [3.8, 4) is 12.3 Å². The number of rotatable bonds is 3. The highest BCUT2D eigenvalue weighted by atomic mass is 16.1. The molecule has 4 N–H and O–H groups in total. The Bertz CT molecular complexity index is 136. The summed E-state index contributed by atoms with van der Waals surface area (Å²) in [7, 11) is 0. The van der Waals surface area contributed by atoms with E-state index in [2.05, 4.69) is 5.92 Å². The normalized spacial score (nSPS) is 12.0. The number of hydrogen-bond acceptors (Lipinski definition) is 2. The minimum absolute atomic E-state index is 0.478. The van der Waals surface area contributed by atoms with Crippen LogP contribution in [0.25, 0.3) is 0 Å². The zero-order chi connectivity index (χ0) is 7.28. The molecule has 0 saturated carbocycles. The van der Waals surface area contributed by atoms with Crippen molar-refractivity contribution in [2.45, 2.75) is 18.9 Å². The van der Waals surface area contributed by atoms with Crippen LogP contribution in [-0.2, 0) is 4.79 Å². The van der Waals surface area contributed by atoms with Gasteiger partial charge in [0.1, 0.15) is 0 Å². The van der Waals surface area contributed by atoms with Crippen LogP contribution in [0, 0.1) is 12.3 Å². The molecule has 0 heterocycles. The average molecular weight is 126 g/mol. The van der Waals surface area contributed by atoms with Crippen molar-refractivity contribution < 1.29 is 4.79 Å². The number of nitrogens with two attached hydrogens (primary N) is 2. The van der Waals surface area contributed by atoms with Gasteiger partial charge in [-0.2, -0.15) is 0 Å². The lowest BCUT2D eigenvalue weighted by atomic mass is 10.2. The summed E-state index contributed by atoms with van der Waals surface area (Å²) < 4.78 is 0. The number of primary amides is 1. The zero-order valence-corrected chi connectivity index (χ0v) is 5.13. The molecule has 1 atom stereocenters. The Labute approximate surface area is 54.4 Å². The van der Waals surface area contributed by atoms with E-state index in [1.807, 2.05) is 0 Å². The maximum absolute atomic E-state index is 10.2. The third-order valence-electron chi connectivity index (χ3n) is 0.965. The van der Waals surface area contributed by atoms with Crippen LogP contribution in [0.4, 0.5) is 0 Å². The number of amides is 1. The van der Waals surface area contributed by atoms with Gasteiger partial charge in [0.15, 0.2) is 0 Å². The van der Waals surface area contributed by atoms with E-state index in [1.165, 1.54) is 0 Å². The van der Waals surface area contributed by atoms with Crippen molar-refractivity contribution in [3.63, 3.8) is 0 Å². The van der Waals surface area contributed by atoms with Crippen LogP contribution in [0.5, 0.6) is 0 Å². The predicted octanol–water partition coefficient (Wildman–Crippen LogP) is -0.788. The number of hydrogen-bond donors (Lipinski definition) is 2. The molecule has 0 aliphatic carbocycles. The lowest BCUT2D eigenvalue weighted by Crippen LogP contribution is -2.36. The summed E-state index contributed by atoms with van der Waals surface area (Å²) >= 11 is 0. The Morgan fingerprint density at radius 2 is 2.33 bits per heavy atom. The second-order valence-corrected chi connectivity index (χ2v) is 1.75. The Balaban J connectivity index is 3.41. The summed E-state index contributed by atoms with van der Waals surface area (Å²) in [5.74, 6) is 1.87. The predicted molar refractivity (Wildman–Crippen MR) is 35.2 cm³/mol. The first-order chi connectivity index (χ1) is 4.18. The van der Waals surface area contributed by atoms with Gasteiger partial charge in [-0.05, 0) is 6.42 Å². The highest BCUT2D eigenvalue weighted by Gasteiger charge is 2.05. The summed E-state index contributed by atoms with van der Waals surface area (Å²) in [4.78, 5) is 10.2. The van der Waals surface area contributed by atoms with Crippen LogP contribution < -0.4 is 11.5 Å². The Morgan fingerprint density at radius 1 is 1.78 bits per heavy atom. The van der Waals surface area contributed by atoms with Gasteiger partial charge in [0.05, 0.1) is 6.04 Å². The van der Waals surface area contributed by atoms with Crippen LogP contribution in [-0.4, -0.2) is 11.9 Å². The molecule has 3 heteroatoms. The standard InChI is InChI=1S/C6H10N2O/c1-2-3-4-5(7)6(8)9/h1,5H,3-4,7H2,(H2,8,9)/t5-/m0/s1. The molecule has 1 amide bonds. The molecule has 0 rings (SSSR count). The molecule has 0 fully saturated rings. The maximum Gasteiger partial charge on any atom is 0.234 e. The summed E-state index contributed by atoms with van der Waals surface area (Å²) in [6, 6.07) is -0.582.